The van der Waals surface area contributed by atoms with Crippen LogP contribution in [0.25, 0.3) is 0 Å². The highest BCUT2D eigenvalue weighted by Crippen LogP contribution is 2.36. The maximum atomic E-state index is 12.5. The van der Waals surface area contributed by atoms with E-state index in [0.717, 1.165) is 16.8 Å². The molecule has 0 unspecified atom stereocenters. The molecule has 4 nitrogen and oxygen atoms in total. The monoisotopic (exact) mass is 333 g/mol. The third-order valence-electron chi connectivity index (χ3n) is 3.50. The molecule has 0 radical (unpaired) electrons. The molecular weight excluding hydrogens is 314 g/mol. The van der Waals surface area contributed by atoms with Crippen molar-refractivity contribution in [3.05, 3.63) is 52.0 Å². The minimum absolute atomic E-state index is 0.245. The molecule has 0 atom stereocenters. The van der Waals surface area contributed by atoms with Crippen molar-refractivity contribution in [3.63, 3.8) is 0 Å². The SMILES string of the molecule is CCOc1c(Cl)cc(C(=O)Nc2c(C)cccc2C)cc1OC. The first-order valence-corrected chi connectivity index (χ1v) is 7.73. The molecule has 2 aromatic rings. The number of hydrogen-bond acceptors (Lipinski definition) is 3. The molecule has 0 aliphatic rings. The first-order valence-electron chi connectivity index (χ1n) is 7.35. The molecule has 0 spiro atoms. The van der Waals surface area contributed by atoms with Crippen LogP contribution in [0.3, 0.4) is 0 Å². The van der Waals surface area contributed by atoms with Crippen molar-refractivity contribution in [1.29, 1.82) is 0 Å². The van der Waals surface area contributed by atoms with Crippen LogP contribution in [0.2, 0.25) is 5.02 Å². The fourth-order valence-corrected chi connectivity index (χ4v) is 2.60. The van der Waals surface area contributed by atoms with Gasteiger partial charge in [-0.3, -0.25) is 4.79 Å². The lowest BCUT2D eigenvalue weighted by molar-refractivity contribution is 0.102. The lowest BCUT2D eigenvalue weighted by atomic mass is 10.1. The highest BCUT2D eigenvalue weighted by atomic mass is 35.5. The molecule has 0 saturated carbocycles. The second-order valence-corrected chi connectivity index (χ2v) is 5.55. The smallest absolute Gasteiger partial charge is 0.255 e. The zero-order valence-corrected chi connectivity index (χ0v) is 14.5. The molecule has 0 bridgehead atoms. The van der Waals surface area contributed by atoms with Gasteiger partial charge in [-0.1, -0.05) is 29.8 Å². The topological polar surface area (TPSA) is 47.6 Å². The molecule has 0 heterocycles. The number of benzene rings is 2. The number of amides is 1. The van der Waals surface area contributed by atoms with Crippen molar-refractivity contribution in [3.8, 4) is 11.5 Å². The number of methoxy groups -OCH3 is 1. The largest absolute Gasteiger partial charge is 0.493 e. The molecule has 0 aliphatic heterocycles. The molecule has 0 saturated heterocycles. The van der Waals surface area contributed by atoms with Gasteiger partial charge >= 0.3 is 0 Å². The number of nitrogens with one attached hydrogen (secondary N) is 1. The summed E-state index contributed by atoms with van der Waals surface area (Å²) in [5, 5.41) is 3.28. The Balaban J connectivity index is 2.35. The highest BCUT2D eigenvalue weighted by Gasteiger charge is 2.16. The Labute approximate surface area is 141 Å². The van der Waals surface area contributed by atoms with Crippen LogP contribution in [-0.2, 0) is 0 Å². The Morgan fingerprint density at radius 2 is 1.87 bits per heavy atom. The molecular formula is C18H20ClNO3. The van der Waals surface area contributed by atoms with Gasteiger partial charge in [0.2, 0.25) is 0 Å². The average molecular weight is 334 g/mol. The van der Waals surface area contributed by atoms with Crippen molar-refractivity contribution in [2.45, 2.75) is 20.8 Å². The summed E-state index contributed by atoms with van der Waals surface area (Å²) < 4.78 is 10.7. The van der Waals surface area contributed by atoms with E-state index in [4.69, 9.17) is 21.1 Å². The summed E-state index contributed by atoms with van der Waals surface area (Å²) in [4.78, 5) is 12.5. The van der Waals surface area contributed by atoms with Crippen LogP contribution in [0.15, 0.2) is 30.3 Å². The minimum atomic E-state index is -0.245. The first kappa shape index (κ1) is 17.2. The summed E-state index contributed by atoms with van der Waals surface area (Å²) in [5.41, 5.74) is 3.23. The van der Waals surface area contributed by atoms with Crippen molar-refractivity contribution < 1.29 is 14.3 Å². The van der Waals surface area contributed by atoms with Gasteiger partial charge in [-0.15, -0.1) is 0 Å². The normalized spacial score (nSPS) is 10.3. The van der Waals surface area contributed by atoms with E-state index >= 15 is 0 Å². The quantitative estimate of drug-likeness (QED) is 0.868. The minimum Gasteiger partial charge on any atom is -0.493 e. The number of carbonyl (C=O) groups is 1. The highest BCUT2D eigenvalue weighted by molar-refractivity contribution is 6.32. The maximum absolute atomic E-state index is 12.5. The summed E-state index contributed by atoms with van der Waals surface area (Å²) in [5.74, 6) is 0.636. The Bertz CT molecular complexity index is 708. The van der Waals surface area contributed by atoms with Gasteiger partial charge in [-0.2, -0.15) is 0 Å². The zero-order valence-electron chi connectivity index (χ0n) is 13.7. The lowest BCUT2D eigenvalue weighted by Crippen LogP contribution is -2.14. The van der Waals surface area contributed by atoms with E-state index in [0.29, 0.717) is 28.7 Å². The summed E-state index contributed by atoms with van der Waals surface area (Å²) >= 11 is 6.22. The summed E-state index contributed by atoms with van der Waals surface area (Å²) in [6, 6.07) is 9.07. The predicted octanol–water partition coefficient (Wildman–Crippen LogP) is 4.62. The van der Waals surface area contributed by atoms with Gasteiger partial charge in [0.1, 0.15) is 0 Å². The average Bonchev–Trinajstić information content (AvgIpc) is 2.52. The third-order valence-corrected chi connectivity index (χ3v) is 3.78. The lowest BCUT2D eigenvalue weighted by Gasteiger charge is -2.14. The van der Waals surface area contributed by atoms with Crippen LogP contribution in [0.5, 0.6) is 11.5 Å². The van der Waals surface area contributed by atoms with E-state index < -0.39 is 0 Å². The van der Waals surface area contributed by atoms with Crippen LogP contribution >= 0.6 is 11.6 Å². The molecule has 0 aromatic heterocycles. The van der Waals surface area contributed by atoms with E-state index in [-0.39, 0.29) is 5.91 Å². The van der Waals surface area contributed by atoms with Crippen molar-refractivity contribution >= 4 is 23.2 Å². The third kappa shape index (κ3) is 3.77. The summed E-state index contributed by atoms with van der Waals surface area (Å²) in [6.07, 6.45) is 0. The van der Waals surface area contributed by atoms with Gasteiger partial charge in [0, 0.05) is 11.3 Å². The van der Waals surface area contributed by atoms with Crippen molar-refractivity contribution in [2.75, 3.05) is 19.0 Å². The number of hydrogen-bond donors (Lipinski definition) is 1. The van der Waals surface area contributed by atoms with Crippen LogP contribution in [0, 0.1) is 13.8 Å². The van der Waals surface area contributed by atoms with Crippen LogP contribution < -0.4 is 14.8 Å². The zero-order chi connectivity index (χ0) is 17.0. The molecule has 0 aliphatic carbocycles. The van der Waals surface area contributed by atoms with Gasteiger partial charge < -0.3 is 14.8 Å². The van der Waals surface area contributed by atoms with E-state index in [1.807, 2.05) is 39.0 Å². The van der Waals surface area contributed by atoms with Crippen molar-refractivity contribution in [1.82, 2.24) is 0 Å². The maximum Gasteiger partial charge on any atom is 0.255 e. The van der Waals surface area contributed by atoms with E-state index in [9.17, 15) is 4.79 Å². The number of anilines is 1. The number of ether oxygens (including phenoxy) is 2. The number of carbonyl (C=O) groups excluding carboxylic acids is 1. The molecule has 0 fully saturated rings. The Morgan fingerprint density at radius 1 is 1.22 bits per heavy atom. The predicted molar refractivity (Wildman–Crippen MR) is 93.0 cm³/mol. The molecule has 1 N–H and O–H groups in total. The molecule has 23 heavy (non-hydrogen) atoms. The molecule has 5 heteroatoms. The fraction of sp³-hybridized carbons (Fsp3) is 0.278. The number of aryl methyl sites for hydroxylation is 2. The second-order valence-electron chi connectivity index (χ2n) is 5.14. The molecule has 122 valence electrons. The van der Waals surface area contributed by atoms with E-state index in [1.54, 1.807) is 12.1 Å². The Morgan fingerprint density at radius 3 is 2.43 bits per heavy atom. The first-order chi connectivity index (χ1) is 11.0. The number of halogens is 1. The fourth-order valence-electron chi connectivity index (χ4n) is 2.33. The van der Waals surface area contributed by atoms with Crippen LogP contribution in [0.4, 0.5) is 5.69 Å². The number of rotatable bonds is 5. The van der Waals surface area contributed by atoms with Gasteiger partial charge in [0.15, 0.2) is 11.5 Å². The van der Waals surface area contributed by atoms with Crippen LogP contribution in [0.1, 0.15) is 28.4 Å². The number of para-hydroxylation sites is 1. The van der Waals surface area contributed by atoms with E-state index in [2.05, 4.69) is 5.32 Å². The summed E-state index contributed by atoms with van der Waals surface area (Å²) in [6.45, 7) is 6.23. The van der Waals surface area contributed by atoms with E-state index in [1.165, 1.54) is 7.11 Å². The Kier molecular flexibility index (Phi) is 5.50. The van der Waals surface area contributed by atoms with Gasteiger partial charge in [-0.05, 0) is 44.0 Å². The molecule has 2 aromatic carbocycles. The van der Waals surface area contributed by atoms with Gasteiger partial charge in [0.25, 0.3) is 5.91 Å². The van der Waals surface area contributed by atoms with Gasteiger partial charge in [0.05, 0.1) is 18.7 Å². The standard InChI is InChI=1S/C18H20ClNO3/c1-5-23-17-14(19)9-13(10-15(17)22-4)18(21)20-16-11(2)7-6-8-12(16)3/h6-10H,5H2,1-4H3,(H,20,21). The molecule has 2 rings (SSSR count). The Hall–Kier alpha value is -2.20. The van der Waals surface area contributed by atoms with Crippen molar-refractivity contribution in [2.24, 2.45) is 0 Å². The molecule has 1 amide bonds. The van der Waals surface area contributed by atoms with Crippen LogP contribution in [-0.4, -0.2) is 19.6 Å². The summed E-state index contributed by atoms with van der Waals surface area (Å²) in [7, 11) is 1.52. The second kappa shape index (κ2) is 7.38. The van der Waals surface area contributed by atoms with Gasteiger partial charge in [-0.25, -0.2) is 0 Å².